The van der Waals surface area contributed by atoms with Gasteiger partial charge >= 0.3 is 0 Å². The van der Waals surface area contributed by atoms with Crippen LogP contribution >= 0.6 is 11.6 Å². The molecule has 0 saturated heterocycles. The molecule has 10 heteroatoms. The molecule has 0 atom stereocenters. The van der Waals surface area contributed by atoms with Gasteiger partial charge in [0.1, 0.15) is 11.2 Å². The van der Waals surface area contributed by atoms with Gasteiger partial charge in [0.25, 0.3) is 16.0 Å². The molecule has 3 rings (SSSR count). The van der Waals surface area contributed by atoms with E-state index >= 15 is 0 Å². The number of nitrogens with one attached hydrogen (secondary N) is 1. The van der Waals surface area contributed by atoms with Crippen LogP contribution < -0.4 is 4.72 Å². The Morgan fingerprint density at radius 2 is 1.96 bits per heavy atom. The normalized spacial score (nSPS) is 11.6. The van der Waals surface area contributed by atoms with Gasteiger partial charge in [-0.1, -0.05) is 23.7 Å². The summed E-state index contributed by atoms with van der Waals surface area (Å²) in [6.45, 7) is 2.92. The number of benzene rings is 1. The van der Waals surface area contributed by atoms with Gasteiger partial charge in [-0.2, -0.15) is 10.1 Å². The summed E-state index contributed by atoms with van der Waals surface area (Å²) in [4.78, 5) is 4.04. The van der Waals surface area contributed by atoms with Crippen LogP contribution in [0.5, 0.6) is 0 Å². The van der Waals surface area contributed by atoms with Crippen LogP contribution in [0.15, 0.2) is 47.9 Å². The van der Waals surface area contributed by atoms with E-state index in [9.17, 15) is 8.42 Å². The van der Waals surface area contributed by atoms with E-state index in [4.69, 9.17) is 11.6 Å². The molecule has 8 nitrogen and oxygen atoms in total. The Morgan fingerprint density at radius 3 is 2.62 bits per heavy atom. The van der Waals surface area contributed by atoms with Crippen molar-refractivity contribution in [3.63, 3.8) is 0 Å². The average Bonchev–Trinajstić information content (AvgIpc) is 3.19. The molecule has 0 bridgehead atoms. The van der Waals surface area contributed by atoms with Gasteiger partial charge in [0, 0.05) is 17.8 Å². The number of sulfonamides is 1. The molecule has 0 radical (unpaired) electrons. The molecule has 0 fully saturated rings. The molecule has 1 aromatic carbocycles. The zero-order chi connectivity index (χ0) is 17.2. The maximum absolute atomic E-state index is 12.3. The van der Waals surface area contributed by atoms with Crippen molar-refractivity contribution in [1.29, 1.82) is 0 Å². The van der Waals surface area contributed by atoms with Crippen LogP contribution in [0.3, 0.4) is 0 Å². The average molecular weight is 367 g/mol. The topological polar surface area (TPSA) is 94.7 Å². The summed E-state index contributed by atoms with van der Waals surface area (Å²) in [7, 11) is -3.76. The lowest BCUT2D eigenvalue weighted by atomic mass is 10.2. The monoisotopic (exact) mass is 366 g/mol. The van der Waals surface area contributed by atoms with E-state index in [1.165, 1.54) is 28.1 Å². The molecule has 0 spiro atoms. The van der Waals surface area contributed by atoms with E-state index in [1.54, 1.807) is 12.1 Å². The highest BCUT2D eigenvalue weighted by atomic mass is 35.5. The molecule has 2 aromatic heterocycles. The molecule has 0 aliphatic heterocycles. The van der Waals surface area contributed by atoms with E-state index in [-0.39, 0.29) is 10.8 Å². The first-order chi connectivity index (χ1) is 11.5. The number of halogens is 1. The van der Waals surface area contributed by atoms with Crippen molar-refractivity contribution in [1.82, 2.24) is 24.5 Å². The smallest absolute Gasteiger partial charge is 0.267 e. The largest absolute Gasteiger partial charge is 0.272 e. The molecule has 0 aliphatic carbocycles. The number of hydrogen-bond acceptors (Lipinski definition) is 5. The Balaban J connectivity index is 1.72. The number of aromatic nitrogens is 5. The third kappa shape index (κ3) is 3.74. The second-order valence-corrected chi connectivity index (χ2v) is 7.15. The number of hydrogen-bond donors (Lipinski definition) is 1. The second-order valence-electron chi connectivity index (χ2n) is 5.03. The summed E-state index contributed by atoms with van der Waals surface area (Å²) in [5.41, 5.74) is 0.975. The molecule has 1 N–H and O–H groups in total. The summed E-state index contributed by atoms with van der Waals surface area (Å²) in [5, 5.41) is 8.72. The van der Waals surface area contributed by atoms with Crippen LogP contribution in [0.4, 0.5) is 5.95 Å². The van der Waals surface area contributed by atoms with E-state index in [2.05, 4.69) is 19.9 Å². The first-order valence-corrected chi connectivity index (χ1v) is 9.01. The molecule has 0 amide bonds. The number of aryl methyl sites for hydroxylation is 1. The molecule has 2 heterocycles. The zero-order valence-corrected chi connectivity index (χ0v) is 14.4. The Morgan fingerprint density at radius 1 is 1.21 bits per heavy atom. The van der Waals surface area contributed by atoms with Crippen LogP contribution in [0.25, 0.3) is 0 Å². The maximum atomic E-state index is 12.3. The first kappa shape index (κ1) is 16.5. The van der Waals surface area contributed by atoms with Crippen molar-refractivity contribution in [2.24, 2.45) is 0 Å². The lowest BCUT2D eigenvalue weighted by Crippen LogP contribution is -2.14. The van der Waals surface area contributed by atoms with Gasteiger partial charge in [-0.15, -0.1) is 5.10 Å². The SMILES string of the molecule is CCn1cc(S(=O)(=O)Nc2ncn(Cc3ccc(Cl)cc3)n2)cn1. The van der Waals surface area contributed by atoms with E-state index in [1.807, 2.05) is 19.1 Å². The number of nitrogens with zero attached hydrogens (tertiary/aromatic N) is 5. The van der Waals surface area contributed by atoms with Gasteiger partial charge in [-0.3, -0.25) is 4.68 Å². The van der Waals surface area contributed by atoms with Crippen LogP contribution in [0, 0.1) is 0 Å². The number of rotatable bonds is 6. The fourth-order valence-electron chi connectivity index (χ4n) is 2.03. The standard InChI is InChI=1S/C14H15ClN6O2S/c1-2-20-9-13(7-17-20)24(22,23)19-14-16-10-21(18-14)8-11-3-5-12(15)6-4-11/h3-7,9-10H,2,8H2,1H3,(H,18,19). The van der Waals surface area contributed by atoms with Crippen LogP contribution in [-0.4, -0.2) is 33.0 Å². The van der Waals surface area contributed by atoms with Crippen molar-refractivity contribution in [3.05, 3.63) is 53.6 Å². The third-order valence-corrected chi connectivity index (χ3v) is 4.80. The van der Waals surface area contributed by atoms with Crippen molar-refractivity contribution >= 4 is 27.6 Å². The van der Waals surface area contributed by atoms with Gasteiger partial charge in [-0.05, 0) is 24.6 Å². The summed E-state index contributed by atoms with van der Waals surface area (Å²) in [5.74, 6) is 0.00760. The molecular weight excluding hydrogens is 352 g/mol. The molecule has 24 heavy (non-hydrogen) atoms. The predicted molar refractivity (Wildman–Crippen MR) is 89.3 cm³/mol. The maximum Gasteiger partial charge on any atom is 0.267 e. The fourth-order valence-corrected chi connectivity index (χ4v) is 3.05. The molecule has 0 saturated carbocycles. The minimum Gasteiger partial charge on any atom is -0.272 e. The van der Waals surface area contributed by atoms with Crippen LogP contribution in [0.2, 0.25) is 5.02 Å². The highest BCUT2D eigenvalue weighted by molar-refractivity contribution is 7.92. The van der Waals surface area contributed by atoms with Crippen molar-refractivity contribution < 1.29 is 8.42 Å². The highest BCUT2D eigenvalue weighted by Crippen LogP contribution is 2.13. The highest BCUT2D eigenvalue weighted by Gasteiger charge is 2.18. The van der Waals surface area contributed by atoms with Crippen molar-refractivity contribution in [2.75, 3.05) is 4.72 Å². The lowest BCUT2D eigenvalue weighted by molar-refractivity contribution is 0.600. The lowest BCUT2D eigenvalue weighted by Gasteiger charge is -2.02. The van der Waals surface area contributed by atoms with Gasteiger partial charge in [0.15, 0.2) is 0 Å². The molecular formula is C14H15ClN6O2S. The minimum absolute atomic E-state index is 0.00760. The van der Waals surface area contributed by atoms with E-state index in [0.29, 0.717) is 18.1 Å². The Kier molecular flexibility index (Phi) is 4.54. The van der Waals surface area contributed by atoms with Gasteiger partial charge in [-0.25, -0.2) is 17.8 Å². The number of anilines is 1. The summed E-state index contributed by atoms with van der Waals surface area (Å²) in [6.07, 6.45) is 4.20. The van der Waals surface area contributed by atoms with Crippen LogP contribution in [0.1, 0.15) is 12.5 Å². The summed E-state index contributed by atoms with van der Waals surface area (Å²) >= 11 is 5.84. The van der Waals surface area contributed by atoms with Gasteiger partial charge < -0.3 is 0 Å². The van der Waals surface area contributed by atoms with Gasteiger partial charge in [0.2, 0.25) is 0 Å². The Labute approximate surface area is 144 Å². The van der Waals surface area contributed by atoms with Crippen LogP contribution in [-0.2, 0) is 23.1 Å². The first-order valence-electron chi connectivity index (χ1n) is 7.15. The van der Waals surface area contributed by atoms with E-state index in [0.717, 1.165) is 5.56 Å². The summed E-state index contributed by atoms with van der Waals surface area (Å²) in [6, 6.07) is 7.30. The molecule has 3 aromatic rings. The predicted octanol–water partition coefficient (Wildman–Crippen LogP) is 2.00. The zero-order valence-electron chi connectivity index (χ0n) is 12.8. The quantitative estimate of drug-likeness (QED) is 0.720. The molecule has 0 unspecified atom stereocenters. The Bertz CT molecular complexity index is 932. The van der Waals surface area contributed by atoms with Crippen molar-refractivity contribution in [3.8, 4) is 0 Å². The van der Waals surface area contributed by atoms with E-state index < -0.39 is 10.0 Å². The van der Waals surface area contributed by atoms with Crippen molar-refractivity contribution in [2.45, 2.75) is 24.9 Å². The second kappa shape index (κ2) is 6.62. The molecule has 126 valence electrons. The third-order valence-electron chi connectivity index (χ3n) is 3.26. The fraction of sp³-hybridized carbons (Fsp3) is 0.214. The summed E-state index contributed by atoms with van der Waals surface area (Å²) < 4.78 is 29.9. The molecule has 0 aliphatic rings. The Hall–Kier alpha value is -2.39. The minimum atomic E-state index is -3.76. The van der Waals surface area contributed by atoms with Gasteiger partial charge in [0.05, 0.1) is 12.7 Å².